The molecule has 0 heterocycles. The lowest BCUT2D eigenvalue weighted by Crippen LogP contribution is -2.02. The van der Waals surface area contributed by atoms with Gasteiger partial charge in [-0.3, -0.25) is 0 Å². The quantitative estimate of drug-likeness (QED) is 0.492. The van der Waals surface area contributed by atoms with Crippen LogP contribution in [-0.4, -0.2) is 0 Å². The van der Waals surface area contributed by atoms with Crippen molar-refractivity contribution in [2.24, 2.45) is 11.8 Å². The van der Waals surface area contributed by atoms with E-state index in [9.17, 15) is 0 Å². The highest BCUT2D eigenvalue weighted by Gasteiger charge is 1.99. The van der Waals surface area contributed by atoms with Gasteiger partial charge < -0.3 is 4.84 Å². The first-order valence-electron chi connectivity index (χ1n) is 4.26. The monoisotopic (exact) mass is 157 g/mol. The predicted molar refractivity (Wildman–Crippen MR) is 47.7 cm³/mol. The van der Waals surface area contributed by atoms with E-state index in [-0.39, 0.29) is 0 Å². The number of rotatable bonds is 5. The molecule has 0 spiro atoms. The minimum atomic E-state index is 0.613. The summed E-state index contributed by atoms with van der Waals surface area (Å²) in [6.07, 6.45) is 5.21. The van der Waals surface area contributed by atoms with E-state index >= 15 is 0 Å². The van der Waals surface area contributed by atoms with E-state index in [4.69, 9.17) is 10.7 Å². The van der Waals surface area contributed by atoms with Crippen LogP contribution in [0, 0.1) is 5.92 Å². The fourth-order valence-corrected chi connectivity index (χ4v) is 0.887. The Morgan fingerprint density at radius 2 is 2.18 bits per heavy atom. The Bertz CT molecular complexity index is 119. The molecule has 0 rings (SSSR count). The average molecular weight is 157 g/mol. The molecular formula is C9H19NO. The number of allylic oxidation sites excluding steroid dienone is 2. The molecule has 0 saturated carbocycles. The van der Waals surface area contributed by atoms with Gasteiger partial charge in [-0.25, -0.2) is 0 Å². The topological polar surface area (TPSA) is 35.2 Å². The number of hydrogen-bond acceptors (Lipinski definition) is 2. The first kappa shape index (κ1) is 10.5. The van der Waals surface area contributed by atoms with Crippen LogP contribution in [0.4, 0.5) is 0 Å². The highest BCUT2D eigenvalue weighted by Crippen LogP contribution is 2.11. The average Bonchev–Trinajstić information content (AvgIpc) is 1.97. The molecule has 0 aliphatic heterocycles. The van der Waals surface area contributed by atoms with Crippen LogP contribution in [-0.2, 0) is 4.84 Å². The molecule has 0 bridgehead atoms. The molecule has 0 aromatic heterocycles. The molecule has 0 atom stereocenters. The van der Waals surface area contributed by atoms with E-state index in [0.717, 1.165) is 25.0 Å². The maximum absolute atomic E-state index is 5.09. The third-order valence-corrected chi connectivity index (χ3v) is 1.42. The van der Waals surface area contributed by atoms with Gasteiger partial charge in [0, 0.05) is 6.42 Å². The summed E-state index contributed by atoms with van der Waals surface area (Å²) < 4.78 is 0. The molecule has 0 radical (unpaired) electrons. The zero-order chi connectivity index (χ0) is 8.69. The zero-order valence-corrected chi connectivity index (χ0v) is 7.76. The van der Waals surface area contributed by atoms with Gasteiger partial charge in [-0.1, -0.05) is 27.2 Å². The van der Waals surface area contributed by atoms with Gasteiger partial charge in [-0.15, -0.1) is 0 Å². The zero-order valence-electron chi connectivity index (χ0n) is 7.76. The van der Waals surface area contributed by atoms with E-state index in [0.29, 0.717) is 5.92 Å². The van der Waals surface area contributed by atoms with Crippen LogP contribution in [0.2, 0.25) is 0 Å². The van der Waals surface area contributed by atoms with Crippen LogP contribution in [0.15, 0.2) is 11.8 Å². The van der Waals surface area contributed by atoms with E-state index in [1.54, 1.807) is 0 Å². The standard InChI is InChI=1S/C9H19NO/c1-4-5-6-9(11-10)7-8(2)3/h6,8H,4-5,7,10H2,1-3H3/b9-6-. The van der Waals surface area contributed by atoms with Crippen LogP contribution >= 0.6 is 0 Å². The SMILES string of the molecule is CCC/C=C(/CC(C)C)ON. The second kappa shape index (κ2) is 6.23. The van der Waals surface area contributed by atoms with Gasteiger partial charge in [-0.2, -0.15) is 5.90 Å². The van der Waals surface area contributed by atoms with Crippen LogP contribution in [0.5, 0.6) is 0 Å². The van der Waals surface area contributed by atoms with Gasteiger partial charge in [0.25, 0.3) is 0 Å². The molecular weight excluding hydrogens is 138 g/mol. The Labute approximate surface area is 69.4 Å². The molecule has 0 aromatic rings. The van der Waals surface area contributed by atoms with Gasteiger partial charge in [0.1, 0.15) is 5.76 Å². The molecule has 0 aromatic carbocycles. The minimum Gasteiger partial charge on any atom is -0.416 e. The molecule has 0 aliphatic carbocycles. The Morgan fingerprint density at radius 3 is 2.55 bits per heavy atom. The first-order chi connectivity index (χ1) is 5.20. The molecule has 0 unspecified atom stereocenters. The molecule has 0 aliphatic rings. The fraction of sp³-hybridized carbons (Fsp3) is 0.778. The summed E-state index contributed by atoms with van der Waals surface area (Å²) in [5.41, 5.74) is 0. The third kappa shape index (κ3) is 5.92. The largest absolute Gasteiger partial charge is 0.416 e. The normalized spacial score (nSPS) is 12.3. The summed E-state index contributed by atoms with van der Waals surface area (Å²) in [6.45, 7) is 6.44. The number of hydrogen-bond donors (Lipinski definition) is 1. The van der Waals surface area contributed by atoms with Crippen molar-refractivity contribution in [2.75, 3.05) is 0 Å². The summed E-state index contributed by atoms with van der Waals surface area (Å²) in [5, 5.41) is 0. The lowest BCUT2D eigenvalue weighted by atomic mass is 10.1. The van der Waals surface area contributed by atoms with Crippen LogP contribution < -0.4 is 5.90 Å². The van der Waals surface area contributed by atoms with Gasteiger partial charge >= 0.3 is 0 Å². The summed E-state index contributed by atoms with van der Waals surface area (Å²) in [7, 11) is 0. The van der Waals surface area contributed by atoms with Crippen LogP contribution in [0.25, 0.3) is 0 Å². The molecule has 2 heteroatoms. The Balaban J connectivity index is 3.73. The maximum atomic E-state index is 5.09. The minimum absolute atomic E-state index is 0.613. The van der Waals surface area contributed by atoms with Gasteiger partial charge in [0.05, 0.1) is 0 Å². The maximum Gasteiger partial charge on any atom is 0.120 e. The molecule has 11 heavy (non-hydrogen) atoms. The molecule has 0 amide bonds. The van der Waals surface area contributed by atoms with Crippen molar-refractivity contribution in [3.63, 3.8) is 0 Å². The van der Waals surface area contributed by atoms with Crippen LogP contribution in [0.3, 0.4) is 0 Å². The van der Waals surface area contributed by atoms with Gasteiger partial charge in [-0.05, 0) is 18.4 Å². The number of nitrogens with two attached hydrogens (primary N) is 1. The molecule has 2 N–H and O–H groups in total. The molecule has 0 saturated heterocycles. The van der Waals surface area contributed by atoms with E-state index in [1.165, 1.54) is 0 Å². The number of unbranched alkanes of at least 4 members (excludes halogenated alkanes) is 1. The molecule has 66 valence electrons. The van der Waals surface area contributed by atoms with Gasteiger partial charge in [0.15, 0.2) is 0 Å². The molecule has 2 nitrogen and oxygen atoms in total. The van der Waals surface area contributed by atoms with E-state index in [1.807, 2.05) is 0 Å². The second-order valence-corrected chi connectivity index (χ2v) is 3.17. The van der Waals surface area contributed by atoms with Gasteiger partial charge in [0.2, 0.25) is 0 Å². The van der Waals surface area contributed by atoms with Crippen molar-refractivity contribution in [1.29, 1.82) is 0 Å². The van der Waals surface area contributed by atoms with Crippen molar-refractivity contribution >= 4 is 0 Å². The van der Waals surface area contributed by atoms with Crippen molar-refractivity contribution in [3.05, 3.63) is 11.8 Å². The van der Waals surface area contributed by atoms with Crippen molar-refractivity contribution < 1.29 is 4.84 Å². The summed E-state index contributed by atoms with van der Waals surface area (Å²) in [4.78, 5) is 4.72. The van der Waals surface area contributed by atoms with Crippen LogP contribution in [0.1, 0.15) is 40.0 Å². The smallest absolute Gasteiger partial charge is 0.120 e. The lowest BCUT2D eigenvalue weighted by Gasteiger charge is -2.06. The Kier molecular flexibility index (Phi) is 5.94. The van der Waals surface area contributed by atoms with E-state index < -0.39 is 0 Å². The third-order valence-electron chi connectivity index (χ3n) is 1.42. The predicted octanol–water partition coefficient (Wildman–Crippen LogP) is 2.61. The van der Waals surface area contributed by atoms with E-state index in [2.05, 4.69) is 26.8 Å². The molecule has 0 fully saturated rings. The van der Waals surface area contributed by atoms with Crippen molar-refractivity contribution in [1.82, 2.24) is 0 Å². The Morgan fingerprint density at radius 1 is 1.55 bits per heavy atom. The van der Waals surface area contributed by atoms with Crippen molar-refractivity contribution in [3.8, 4) is 0 Å². The Hall–Kier alpha value is -0.500. The summed E-state index contributed by atoms with van der Waals surface area (Å²) >= 11 is 0. The first-order valence-corrected chi connectivity index (χ1v) is 4.26. The van der Waals surface area contributed by atoms with Crippen molar-refractivity contribution in [2.45, 2.75) is 40.0 Å². The highest BCUT2D eigenvalue weighted by atomic mass is 16.6. The highest BCUT2D eigenvalue weighted by molar-refractivity contribution is 4.92. The summed E-state index contributed by atoms with van der Waals surface area (Å²) in [6, 6.07) is 0. The fourth-order valence-electron chi connectivity index (χ4n) is 0.887. The lowest BCUT2D eigenvalue weighted by molar-refractivity contribution is 0.200. The summed E-state index contributed by atoms with van der Waals surface area (Å²) in [5.74, 6) is 6.62. The second-order valence-electron chi connectivity index (χ2n) is 3.17.